The lowest BCUT2D eigenvalue weighted by molar-refractivity contribution is 0.0691. The van der Waals surface area contributed by atoms with Gasteiger partial charge in [0, 0.05) is 18.5 Å². The summed E-state index contributed by atoms with van der Waals surface area (Å²) in [5.41, 5.74) is 0.114. The third-order valence-corrected chi connectivity index (χ3v) is 3.77. The van der Waals surface area contributed by atoms with Crippen LogP contribution in [0.4, 0.5) is 5.13 Å². The van der Waals surface area contributed by atoms with Gasteiger partial charge in [-0.25, -0.2) is 9.78 Å². The highest BCUT2D eigenvalue weighted by Gasteiger charge is 2.17. The minimum Gasteiger partial charge on any atom is -0.476 e. The first-order valence-corrected chi connectivity index (χ1v) is 6.74. The summed E-state index contributed by atoms with van der Waals surface area (Å²) in [6.07, 6.45) is 4.00. The molecule has 0 spiro atoms. The van der Waals surface area contributed by atoms with Crippen molar-refractivity contribution in [3.8, 4) is 0 Å². The normalized spacial score (nSPS) is 18.9. The standard InChI is InChI=1S/C11H17N3O2S/c1-8(14-5-3-2-4-6-14)12-11-13-9(7-17-11)10(15)16/h7-8H,2-6H2,1H3,(H,12,13)(H,15,16). The summed E-state index contributed by atoms with van der Waals surface area (Å²) in [6.45, 7) is 4.30. The van der Waals surface area contributed by atoms with E-state index in [1.807, 2.05) is 0 Å². The van der Waals surface area contributed by atoms with Crippen molar-refractivity contribution in [2.75, 3.05) is 18.4 Å². The number of nitrogens with one attached hydrogen (secondary N) is 1. The van der Waals surface area contributed by atoms with E-state index in [1.54, 1.807) is 5.38 Å². The van der Waals surface area contributed by atoms with Crippen LogP contribution in [0.15, 0.2) is 5.38 Å². The van der Waals surface area contributed by atoms with E-state index in [4.69, 9.17) is 5.11 Å². The number of carbonyl (C=O) groups is 1. The molecule has 5 nitrogen and oxygen atoms in total. The molecule has 0 aromatic carbocycles. The number of likely N-dealkylation sites (tertiary alicyclic amines) is 1. The number of rotatable bonds is 4. The van der Waals surface area contributed by atoms with Crippen molar-refractivity contribution < 1.29 is 9.90 Å². The number of thiazole rings is 1. The van der Waals surface area contributed by atoms with Crippen LogP contribution in [0.3, 0.4) is 0 Å². The van der Waals surface area contributed by atoms with Gasteiger partial charge < -0.3 is 10.4 Å². The molecule has 0 bridgehead atoms. The number of anilines is 1. The zero-order chi connectivity index (χ0) is 12.3. The van der Waals surface area contributed by atoms with Crippen molar-refractivity contribution in [2.24, 2.45) is 0 Å². The van der Waals surface area contributed by atoms with E-state index in [9.17, 15) is 4.79 Å². The molecule has 2 N–H and O–H groups in total. The highest BCUT2D eigenvalue weighted by atomic mass is 32.1. The average Bonchev–Trinajstić information content (AvgIpc) is 2.79. The lowest BCUT2D eigenvalue weighted by atomic mass is 10.1. The topological polar surface area (TPSA) is 65.5 Å². The summed E-state index contributed by atoms with van der Waals surface area (Å²) in [7, 11) is 0. The van der Waals surface area contributed by atoms with Crippen LogP contribution in [0.5, 0.6) is 0 Å². The fourth-order valence-electron chi connectivity index (χ4n) is 2.01. The number of hydrogen-bond donors (Lipinski definition) is 2. The molecule has 0 amide bonds. The number of carboxylic acid groups (broad SMARTS) is 1. The SMILES string of the molecule is CC(Nc1nc(C(=O)O)cs1)N1CCCCC1. The Morgan fingerprint density at radius 1 is 1.53 bits per heavy atom. The molecule has 17 heavy (non-hydrogen) atoms. The van der Waals surface area contributed by atoms with Crippen LogP contribution >= 0.6 is 11.3 Å². The Kier molecular flexibility index (Phi) is 3.96. The van der Waals surface area contributed by atoms with E-state index in [2.05, 4.69) is 22.1 Å². The molecule has 0 radical (unpaired) electrons. The van der Waals surface area contributed by atoms with Crippen LogP contribution in [0, 0.1) is 0 Å². The lowest BCUT2D eigenvalue weighted by Gasteiger charge is -2.32. The van der Waals surface area contributed by atoms with Crippen LogP contribution in [0.1, 0.15) is 36.7 Å². The van der Waals surface area contributed by atoms with E-state index < -0.39 is 5.97 Å². The van der Waals surface area contributed by atoms with Gasteiger partial charge >= 0.3 is 5.97 Å². The number of nitrogens with zero attached hydrogens (tertiary/aromatic N) is 2. The number of aromatic nitrogens is 1. The molecule has 1 aromatic heterocycles. The van der Waals surface area contributed by atoms with Crippen molar-refractivity contribution in [3.05, 3.63) is 11.1 Å². The second-order valence-electron chi connectivity index (χ2n) is 4.26. The monoisotopic (exact) mass is 255 g/mol. The van der Waals surface area contributed by atoms with Gasteiger partial charge in [0.25, 0.3) is 0 Å². The minimum absolute atomic E-state index is 0.114. The maximum absolute atomic E-state index is 10.7. The van der Waals surface area contributed by atoms with Crippen LogP contribution in [-0.4, -0.2) is 40.2 Å². The van der Waals surface area contributed by atoms with Crippen molar-refractivity contribution in [2.45, 2.75) is 32.4 Å². The molecule has 1 aliphatic heterocycles. The highest BCUT2D eigenvalue weighted by Crippen LogP contribution is 2.19. The maximum atomic E-state index is 10.7. The van der Waals surface area contributed by atoms with E-state index in [0.717, 1.165) is 13.1 Å². The number of carboxylic acids is 1. The predicted octanol–water partition coefficient (Wildman–Crippen LogP) is 2.09. The quantitative estimate of drug-likeness (QED) is 0.862. The Bertz CT molecular complexity index is 388. The molecule has 0 saturated carbocycles. The molecule has 1 unspecified atom stereocenters. The smallest absolute Gasteiger partial charge is 0.355 e. The molecule has 2 heterocycles. The number of piperidine rings is 1. The van der Waals surface area contributed by atoms with Gasteiger partial charge in [0.2, 0.25) is 0 Å². The van der Waals surface area contributed by atoms with Gasteiger partial charge in [-0.05, 0) is 19.8 Å². The summed E-state index contributed by atoms with van der Waals surface area (Å²) in [4.78, 5) is 17.1. The zero-order valence-electron chi connectivity index (χ0n) is 9.85. The molecule has 6 heteroatoms. The number of aromatic carboxylic acids is 1. The third-order valence-electron chi connectivity index (χ3n) is 2.99. The van der Waals surface area contributed by atoms with E-state index in [1.165, 1.54) is 30.6 Å². The fraction of sp³-hybridized carbons (Fsp3) is 0.636. The molecule has 1 atom stereocenters. The Morgan fingerprint density at radius 3 is 2.82 bits per heavy atom. The number of hydrogen-bond acceptors (Lipinski definition) is 5. The Balaban J connectivity index is 1.92. The summed E-state index contributed by atoms with van der Waals surface area (Å²) in [5.74, 6) is -0.972. The van der Waals surface area contributed by atoms with Gasteiger partial charge in [-0.1, -0.05) is 6.42 Å². The molecular formula is C11H17N3O2S. The summed E-state index contributed by atoms with van der Waals surface area (Å²) >= 11 is 1.34. The van der Waals surface area contributed by atoms with E-state index >= 15 is 0 Å². The summed E-state index contributed by atoms with van der Waals surface area (Å²) < 4.78 is 0. The summed E-state index contributed by atoms with van der Waals surface area (Å²) in [5, 5.41) is 14.3. The van der Waals surface area contributed by atoms with Gasteiger partial charge in [-0.2, -0.15) is 0 Å². The first kappa shape index (κ1) is 12.3. The second-order valence-corrected chi connectivity index (χ2v) is 5.12. The van der Waals surface area contributed by atoms with Crippen LogP contribution in [-0.2, 0) is 0 Å². The van der Waals surface area contributed by atoms with Gasteiger partial charge in [-0.3, -0.25) is 4.90 Å². The Hall–Kier alpha value is -1.14. The molecular weight excluding hydrogens is 238 g/mol. The maximum Gasteiger partial charge on any atom is 0.355 e. The first-order valence-electron chi connectivity index (χ1n) is 5.86. The Labute approximate surface area is 104 Å². The lowest BCUT2D eigenvalue weighted by Crippen LogP contribution is -2.41. The largest absolute Gasteiger partial charge is 0.476 e. The van der Waals surface area contributed by atoms with Crippen molar-refractivity contribution in [1.82, 2.24) is 9.88 Å². The molecule has 0 aliphatic carbocycles. The Morgan fingerprint density at radius 2 is 2.24 bits per heavy atom. The van der Waals surface area contributed by atoms with Gasteiger partial charge in [0.1, 0.15) is 0 Å². The van der Waals surface area contributed by atoms with E-state index in [0.29, 0.717) is 5.13 Å². The average molecular weight is 255 g/mol. The van der Waals surface area contributed by atoms with Crippen LogP contribution in [0.2, 0.25) is 0 Å². The van der Waals surface area contributed by atoms with Crippen molar-refractivity contribution in [3.63, 3.8) is 0 Å². The summed E-state index contributed by atoms with van der Waals surface area (Å²) in [6, 6.07) is 0. The fourth-order valence-corrected chi connectivity index (χ4v) is 2.78. The van der Waals surface area contributed by atoms with E-state index in [-0.39, 0.29) is 11.9 Å². The van der Waals surface area contributed by atoms with Gasteiger partial charge in [0.05, 0.1) is 6.17 Å². The molecule has 1 aliphatic rings. The van der Waals surface area contributed by atoms with Crippen molar-refractivity contribution >= 4 is 22.4 Å². The second kappa shape index (κ2) is 5.46. The first-order chi connectivity index (χ1) is 8.16. The third kappa shape index (κ3) is 3.17. The molecule has 1 aromatic rings. The molecule has 1 saturated heterocycles. The van der Waals surface area contributed by atoms with Crippen LogP contribution in [0.25, 0.3) is 0 Å². The molecule has 2 rings (SSSR count). The van der Waals surface area contributed by atoms with Crippen LogP contribution < -0.4 is 5.32 Å². The molecule has 1 fully saturated rings. The molecule has 94 valence electrons. The minimum atomic E-state index is -0.972. The predicted molar refractivity (Wildman–Crippen MR) is 67.6 cm³/mol. The van der Waals surface area contributed by atoms with Gasteiger partial charge in [0.15, 0.2) is 10.8 Å². The van der Waals surface area contributed by atoms with Crippen molar-refractivity contribution in [1.29, 1.82) is 0 Å². The van der Waals surface area contributed by atoms with Gasteiger partial charge in [-0.15, -0.1) is 11.3 Å². The highest BCUT2D eigenvalue weighted by molar-refractivity contribution is 7.13. The zero-order valence-corrected chi connectivity index (χ0v) is 10.7.